The number of hydrogen-bond donors (Lipinski definition) is 0. The highest BCUT2D eigenvalue weighted by Crippen LogP contribution is 2.43. The summed E-state index contributed by atoms with van der Waals surface area (Å²) in [5.74, 6) is 1.80. The topological polar surface area (TPSA) is 65.0 Å². The van der Waals surface area contributed by atoms with Crippen LogP contribution in [0.25, 0.3) is 111 Å². The van der Waals surface area contributed by atoms with E-state index in [0.717, 1.165) is 93.9 Å². The summed E-state index contributed by atoms with van der Waals surface area (Å²) in [6.07, 6.45) is 0. The van der Waals surface area contributed by atoms with Crippen molar-refractivity contribution in [3.63, 3.8) is 0 Å². The first-order chi connectivity index (χ1) is 27.7. The van der Waals surface area contributed by atoms with E-state index in [4.69, 9.17) is 23.8 Å². The molecule has 0 N–H and O–H groups in total. The number of furan rings is 2. The highest BCUT2D eigenvalue weighted by Gasteiger charge is 2.19. The maximum atomic E-state index is 6.65. The number of para-hydroxylation sites is 1. The monoisotopic (exact) mass is 717 g/mol. The van der Waals surface area contributed by atoms with Gasteiger partial charge in [-0.2, -0.15) is 0 Å². The number of aromatic nitrogens is 3. The standard InChI is InChI=1S/C51H31N3O2/c1-4-13-32(14-5-1)35-19-12-20-37(29-35)50-52-49(34-17-8-3-9-18-34)53-51(54-50)38-24-26-42-41-25-23-36(30-45(41)55-46(42)31-38)39-27-28-40(33-15-6-2-7-16-33)48-47(39)43-21-10-11-22-44(43)56-48/h1-31H. The molecule has 3 aromatic heterocycles. The van der Waals surface area contributed by atoms with Crippen LogP contribution in [0.5, 0.6) is 0 Å². The first-order valence-corrected chi connectivity index (χ1v) is 18.7. The number of benzene rings is 8. The van der Waals surface area contributed by atoms with E-state index < -0.39 is 0 Å². The van der Waals surface area contributed by atoms with Crippen LogP contribution in [-0.2, 0) is 0 Å². The van der Waals surface area contributed by atoms with Crippen molar-refractivity contribution in [3.05, 3.63) is 188 Å². The van der Waals surface area contributed by atoms with Crippen LogP contribution in [0.15, 0.2) is 197 Å². The summed E-state index contributed by atoms with van der Waals surface area (Å²) >= 11 is 0. The zero-order chi connectivity index (χ0) is 37.0. The molecule has 3 heterocycles. The fourth-order valence-electron chi connectivity index (χ4n) is 7.82. The minimum Gasteiger partial charge on any atom is -0.456 e. The largest absolute Gasteiger partial charge is 0.456 e. The maximum absolute atomic E-state index is 6.65. The van der Waals surface area contributed by atoms with Gasteiger partial charge in [-0.05, 0) is 70.3 Å². The molecule has 0 bridgehead atoms. The molecule has 8 aromatic carbocycles. The number of rotatable bonds is 6. The Bertz CT molecular complexity index is 3240. The van der Waals surface area contributed by atoms with E-state index in [1.54, 1.807) is 0 Å². The van der Waals surface area contributed by atoms with Crippen LogP contribution in [0, 0.1) is 0 Å². The zero-order valence-corrected chi connectivity index (χ0v) is 30.1. The molecule has 11 rings (SSSR count). The Morgan fingerprint density at radius 2 is 0.804 bits per heavy atom. The van der Waals surface area contributed by atoms with E-state index in [1.807, 2.05) is 60.7 Å². The summed E-state index contributed by atoms with van der Waals surface area (Å²) in [4.78, 5) is 15.0. The van der Waals surface area contributed by atoms with E-state index in [1.165, 1.54) is 0 Å². The lowest BCUT2D eigenvalue weighted by Crippen LogP contribution is -2.00. The second-order valence-electron chi connectivity index (χ2n) is 14.0. The number of fused-ring (bicyclic) bond motifs is 6. The minimum atomic E-state index is 0.578. The van der Waals surface area contributed by atoms with Crippen molar-refractivity contribution in [3.8, 4) is 67.5 Å². The maximum Gasteiger partial charge on any atom is 0.164 e. The van der Waals surface area contributed by atoms with E-state index in [9.17, 15) is 0 Å². The molecule has 0 aliphatic heterocycles. The van der Waals surface area contributed by atoms with Crippen LogP contribution in [0.4, 0.5) is 0 Å². The van der Waals surface area contributed by atoms with Crippen molar-refractivity contribution >= 4 is 43.9 Å². The zero-order valence-electron chi connectivity index (χ0n) is 30.1. The van der Waals surface area contributed by atoms with Crippen LogP contribution < -0.4 is 0 Å². The van der Waals surface area contributed by atoms with E-state index in [2.05, 4.69) is 127 Å². The van der Waals surface area contributed by atoms with Gasteiger partial charge in [0.25, 0.3) is 0 Å². The molecule has 0 unspecified atom stereocenters. The predicted molar refractivity (Wildman–Crippen MR) is 227 cm³/mol. The molecule has 0 spiro atoms. The average molecular weight is 718 g/mol. The molecule has 56 heavy (non-hydrogen) atoms. The Morgan fingerprint density at radius 3 is 1.52 bits per heavy atom. The Kier molecular flexibility index (Phi) is 7.42. The van der Waals surface area contributed by atoms with Gasteiger partial charge in [0.15, 0.2) is 17.5 Å². The van der Waals surface area contributed by atoms with Crippen LogP contribution >= 0.6 is 0 Å². The Balaban J connectivity index is 1.03. The fourth-order valence-corrected chi connectivity index (χ4v) is 7.82. The smallest absolute Gasteiger partial charge is 0.164 e. The lowest BCUT2D eigenvalue weighted by molar-refractivity contribution is 0.668. The summed E-state index contributed by atoms with van der Waals surface area (Å²) in [5, 5.41) is 4.25. The van der Waals surface area contributed by atoms with Gasteiger partial charge in [0.1, 0.15) is 22.3 Å². The Hall–Kier alpha value is -7.63. The molecule has 0 atom stereocenters. The molecule has 0 saturated heterocycles. The van der Waals surface area contributed by atoms with Gasteiger partial charge in [-0.15, -0.1) is 0 Å². The van der Waals surface area contributed by atoms with Crippen molar-refractivity contribution < 1.29 is 8.83 Å². The van der Waals surface area contributed by atoms with Crippen LogP contribution in [0.3, 0.4) is 0 Å². The van der Waals surface area contributed by atoms with E-state index in [0.29, 0.717) is 17.5 Å². The van der Waals surface area contributed by atoms with E-state index in [-0.39, 0.29) is 0 Å². The van der Waals surface area contributed by atoms with Gasteiger partial charge in [-0.3, -0.25) is 0 Å². The number of nitrogens with zero attached hydrogens (tertiary/aromatic N) is 3. The number of hydrogen-bond acceptors (Lipinski definition) is 5. The molecule has 0 radical (unpaired) electrons. The molecule has 0 fully saturated rings. The van der Waals surface area contributed by atoms with Gasteiger partial charge in [0.05, 0.1) is 0 Å². The van der Waals surface area contributed by atoms with Gasteiger partial charge >= 0.3 is 0 Å². The molecule has 0 amide bonds. The predicted octanol–water partition coefficient (Wildman–Crippen LogP) is 13.7. The normalized spacial score (nSPS) is 11.6. The van der Waals surface area contributed by atoms with Gasteiger partial charge in [-0.25, -0.2) is 15.0 Å². The molecular weight excluding hydrogens is 687 g/mol. The van der Waals surface area contributed by atoms with Crippen molar-refractivity contribution in [2.45, 2.75) is 0 Å². The van der Waals surface area contributed by atoms with Crippen LogP contribution in [0.2, 0.25) is 0 Å². The quantitative estimate of drug-likeness (QED) is 0.171. The first kappa shape index (κ1) is 31.9. The van der Waals surface area contributed by atoms with Gasteiger partial charge < -0.3 is 8.83 Å². The molecule has 11 aromatic rings. The molecule has 0 aliphatic rings. The van der Waals surface area contributed by atoms with Gasteiger partial charge in [0.2, 0.25) is 0 Å². The van der Waals surface area contributed by atoms with Crippen molar-refractivity contribution in [2.75, 3.05) is 0 Å². The first-order valence-electron chi connectivity index (χ1n) is 18.7. The lowest BCUT2D eigenvalue weighted by Gasteiger charge is -2.09. The SMILES string of the molecule is c1ccc(-c2cccc(-c3nc(-c4ccccc4)nc(-c4ccc5c(c4)oc4cc(-c6ccc(-c7ccccc7)c7oc8ccccc8c67)ccc45)n3)c2)cc1. The summed E-state index contributed by atoms with van der Waals surface area (Å²) in [6, 6.07) is 64.5. The third kappa shape index (κ3) is 5.45. The molecule has 5 nitrogen and oxygen atoms in total. The summed E-state index contributed by atoms with van der Waals surface area (Å²) in [6.45, 7) is 0. The minimum absolute atomic E-state index is 0.578. The summed E-state index contributed by atoms with van der Waals surface area (Å²) in [5.41, 5.74) is 12.6. The molecule has 5 heteroatoms. The Morgan fingerprint density at radius 1 is 0.286 bits per heavy atom. The van der Waals surface area contributed by atoms with Crippen molar-refractivity contribution in [1.82, 2.24) is 15.0 Å². The summed E-state index contributed by atoms with van der Waals surface area (Å²) < 4.78 is 13.2. The van der Waals surface area contributed by atoms with Crippen molar-refractivity contribution in [2.24, 2.45) is 0 Å². The third-order valence-electron chi connectivity index (χ3n) is 10.5. The second-order valence-corrected chi connectivity index (χ2v) is 14.0. The van der Waals surface area contributed by atoms with Crippen LogP contribution in [-0.4, -0.2) is 15.0 Å². The van der Waals surface area contributed by atoms with Gasteiger partial charge in [-0.1, -0.05) is 146 Å². The fraction of sp³-hybridized carbons (Fsp3) is 0. The second kappa shape index (κ2) is 13.0. The van der Waals surface area contributed by atoms with Crippen molar-refractivity contribution in [1.29, 1.82) is 0 Å². The Labute approximate surface area is 322 Å². The summed E-state index contributed by atoms with van der Waals surface area (Å²) in [7, 11) is 0. The lowest BCUT2D eigenvalue weighted by atomic mass is 9.94. The van der Waals surface area contributed by atoms with Crippen LogP contribution in [0.1, 0.15) is 0 Å². The van der Waals surface area contributed by atoms with Gasteiger partial charge in [0, 0.05) is 43.8 Å². The molecule has 262 valence electrons. The molecular formula is C51H31N3O2. The highest BCUT2D eigenvalue weighted by atomic mass is 16.3. The third-order valence-corrected chi connectivity index (χ3v) is 10.5. The van der Waals surface area contributed by atoms with E-state index >= 15 is 0 Å². The highest BCUT2D eigenvalue weighted by molar-refractivity contribution is 6.17. The molecule has 0 aliphatic carbocycles. The molecule has 0 saturated carbocycles. The average Bonchev–Trinajstić information content (AvgIpc) is 3.85.